The first-order chi connectivity index (χ1) is 22.1. The van der Waals surface area contributed by atoms with Crippen LogP contribution in [0.5, 0.6) is 0 Å². The van der Waals surface area contributed by atoms with Gasteiger partial charge in [-0.2, -0.15) is 8.78 Å². The molecule has 2 fully saturated rings. The van der Waals surface area contributed by atoms with Crippen molar-refractivity contribution in [1.82, 2.24) is 14.5 Å². The molecule has 1 amide bonds. The van der Waals surface area contributed by atoms with Gasteiger partial charge in [0.2, 0.25) is 0 Å². The van der Waals surface area contributed by atoms with Crippen molar-refractivity contribution < 1.29 is 18.0 Å². The highest BCUT2D eigenvalue weighted by Gasteiger charge is 2.31. The van der Waals surface area contributed by atoms with E-state index < -0.39 is 18.3 Å². The number of alkyl halides is 2. The number of rotatable bonds is 8. The smallest absolute Gasteiger partial charge is 0.320 e. The minimum absolute atomic E-state index is 0.00562. The zero-order valence-electron chi connectivity index (χ0n) is 27.1. The average molecular weight is 650 g/mol. The van der Waals surface area contributed by atoms with Crippen molar-refractivity contribution in [3.05, 3.63) is 106 Å². The van der Waals surface area contributed by atoms with Crippen LogP contribution in [0.15, 0.2) is 66.7 Å². The van der Waals surface area contributed by atoms with Gasteiger partial charge in [0, 0.05) is 24.0 Å². The molecule has 46 heavy (non-hydrogen) atoms. The van der Waals surface area contributed by atoms with Gasteiger partial charge >= 0.3 is 6.55 Å². The number of benzene rings is 3. The number of carbonyl (C=O) groups is 1. The topological polar surface area (TPSA) is 38.1 Å². The molecular formula is C38H43ClF3N3O. The summed E-state index contributed by atoms with van der Waals surface area (Å²) in [4.78, 5) is 19.4. The first-order valence-corrected chi connectivity index (χ1v) is 16.8. The normalized spacial score (nSPS) is 16.5. The van der Waals surface area contributed by atoms with Crippen LogP contribution in [0.3, 0.4) is 0 Å². The van der Waals surface area contributed by atoms with E-state index in [1.54, 1.807) is 41.3 Å². The number of para-hydroxylation sites is 2. The number of aryl methyl sites for hydroxylation is 1. The van der Waals surface area contributed by atoms with Crippen LogP contribution < -0.4 is 0 Å². The van der Waals surface area contributed by atoms with Crippen LogP contribution in [0.1, 0.15) is 105 Å². The van der Waals surface area contributed by atoms with Gasteiger partial charge in [-0.05, 0) is 104 Å². The van der Waals surface area contributed by atoms with Crippen molar-refractivity contribution in [2.75, 3.05) is 13.1 Å². The Morgan fingerprint density at radius 3 is 2.37 bits per heavy atom. The van der Waals surface area contributed by atoms with Crippen LogP contribution in [0.2, 0.25) is 5.02 Å². The summed E-state index contributed by atoms with van der Waals surface area (Å²) in [5, 5.41) is 0.583. The van der Waals surface area contributed by atoms with Gasteiger partial charge in [-0.3, -0.25) is 9.36 Å². The maximum Gasteiger partial charge on any atom is 0.320 e. The number of hydrogen-bond acceptors (Lipinski definition) is 2. The van der Waals surface area contributed by atoms with E-state index in [-0.39, 0.29) is 11.5 Å². The number of likely N-dealkylation sites (tertiary alicyclic amines) is 1. The van der Waals surface area contributed by atoms with Crippen molar-refractivity contribution in [3.8, 4) is 0 Å². The molecule has 244 valence electrons. The third kappa shape index (κ3) is 7.68. The second-order valence-electron chi connectivity index (χ2n) is 12.7. The van der Waals surface area contributed by atoms with Crippen molar-refractivity contribution in [3.63, 3.8) is 0 Å². The van der Waals surface area contributed by atoms with Crippen molar-refractivity contribution in [2.45, 2.75) is 78.7 Å². The van der Waals surface area contributed by atoms with E-state index in [1.807, 2.05) is 38.1 Å². The highest BCUT2D eigenvalue weighted by Crippen LogP contribution is 2.36. The number of carbonyl (C=O) groups excluding carboxylic acids is 1. The Labute approximate surface area is 275 Å². The standard InChI is InChI=1S/C30H27ClF3N3O.C8H16/c1-3-22(20-7-6-8-21(31)16-20)23-17-25(32)24(15-18(23)2)29(38)36-13-11-19(12-14-36)28-35-26-9-4-5-10-27(26)37(28)30(33)34;1-3-7(2)6-8-4-5-8/h3-10,15-17,19,30H,11-14H2,1-2H3;7-8H,3-6H2,1-2H3/b22-3-;. The van der Waals surface area contributed by atoms with Gasteiger partial charge in [0.1, 0.15) is 11.6 Å². The molecule has 3 aromatic carbocycles. The lowest BCUT2D eigenvalue weighted by molar-refractivity contribution is 0.0632. The van der Waals surface area contributed by atoms with Crippen LogP contribution in [0.25, 0.3) is 16.6 Å². The van der Waals surface area contributed by atoms with E-state index in [2.05, 4.69) is 18.8 Å². The maximum absolute atomic E-state index is 15.3. The molecule has 0 spiro atoms. The Morgan fingerprint density at radius 2 is 1.74 bits per heavy atom. The number of allylic oxidation sites excluding steroid dienone is 1. The monoisotopic (exact) mass is 649 g/mol. The predicted octanol–water partition coefficient (Wildman–Crippen LogP) is 10.8. The lowest BCUT2D eigenvalue weighted by atomic mass is 9.92. The molecule has 0 N–H and O–H groups in total. The maximum atomic E-state index is 15.3. The van der Waals surface area contributed by atoms with E-state index in [0.717, 1.165) is 33.1 Å². The molecule has 1 atom stereocenters. The van der Waals surface area contributed by atoms with Crippen LogP contribution in [-0.4, -0.2) is 33.4 Å². The van der Waals surface area contributed by atoms with Crippen LogP contribution in [0.4, 0.5) is 13.2 Å². The predicted molar refractivity (Wildman–Crippen MR) is 181 cm³/mol. The highest BCUT2D eigenvalue weighted by molar-refractivity contribution is 6.30. The fourth-order valence-corrected chi connectivity index (χ4v) is 6.62. The molecule has 2 aliphatic rings. The van der Waals surface area contributed by atoms with E-state index in [0.29, 0.717) is 53.4 Å². The summed E-state index contributed by atoms with van der Waals surface area (Å²) in [6.45, 7) is 6.32. The summed E-state index contributed by atoms with van der Waals surface area (Å²) in [5.41, 5.74) is 4.07. The molecule has 1 saturated carbocycles. The lowest BCUT2D eigenvalue weighted by Gasteiger charge is -2.32. The molecule has 4 nitrogen and oxygen atoms in total. The van der Waals surface area contributed by atoms with Gasteiger partial charge in [0.05, 0.1) is 16.6 Å². The summed E-state index contributed by atoms with van der Waals surface area (Å²) < 4.78 is 44.1. The summed E-state index contributed by atoms with van der Waals surface area (Å²) in [7, 11) is 0. The number of aromatic nitrogens is 2. The number of piperidine rings is 1. The molecule has 0 radical (unpaired) electrons. The van der Waals surface area contributed by atoms with Gasteiger partial charge in [0.15, 0.2) is 0 Å². The Bertz CT molecular complexity index is 1700. The number of amides is 1. The number of nitrogens with zero attached hydrogens (tertiary/aromatic N) is 3. The summed E-state index contributed by atoms with van der Waals surface area (Å²) in [6, 6.07) is 17.2. The van der Waals surface area contributed by atoms with Gasteiger partial charge in [-0.1, -0.05) is 75.1 Å². The number of halogens is 4. The molecule has 8 heteroatoms. The molecule has 4 aromatic rings. The fourth-order valence-electron chi connectivity index (χ4n) is 6.43. The van der Waals surface area contributed by atoms with E-state index in [9.17, 15) is 13.6 Å². The van der Waals surface area contributed by atoms with Crippen molar-refractivity contribution in [2.24, 2.45) is 11.8 Å². The fraction of sp³-hybridized carbons (Fsp3) is 0.421. The summed E-state index contributed by atoms with van der Waals surface area (Å²) in [5.74, 6) is 1.23. The molecular weight excluding hydrogens is 607 g/mol. The van der Waals surface area contributed by atoms with E-state index >= 15 is 4.39 Å². The van der Waals surface area contributed by atoms with Crippen LogP contribution in [0, 0.1) is 24.6 Å². The number of imidazole rings is 1. The Balaban J connectivity index is 0.000000455. The van der Waals surface area contributed by atoms with Crippen molar-refractivity contribution in [1.29, 1.82) is 0 Å². The Morgan fingerprint density at radius 1 is 1.02 bits per heavy atom. The first-order valence-electron chi connectivity index (χ1n) is 16.4. The second kappa shape index (κ2) is 14.9. The largest absolute Gasteiger partial charge is 0.339 e. The zero-order chi connectivity index (χ0) is 33.0. The highest BCUT2D eigenvalue weighted by atomic mass is 35.5. The Hall–Kier alpha value is -3.58. The van der Waals surface area contributed by atoms with E-state index in [1.165, 1.54) is 31.7 Å². The molecule has 1 aliphatic heterocycles. The average Bonchev–Trinajstić information content (AvgIpc) is 3.78. The minimum atomic E-state index is -2.71. The number of hydrogen-bond donors (Lipinski definition) is 0. The SMILES string of the molecule is C/C=C(/c1cccc(Cl)c1)c1cc(F)c(C(=O)N2CCC(c3nc4ccccc4n3C(F)F)CC2)cc1C.CCC(C)CC1CC1. The first kappa shape index (κ1) is 33.8. The van der Waals surface area contributed by atoms with Crippen LogP contribution in [-0.2, 0) is 0 Å². The third-order valence-corrected chi connectivity index (χ3v) is 9.59. The quantitative estimate of drug-likeness (QED) is 0.190. The Kier molecular flexibility index (Phi) is 10.9. The van der Waals surface area contributed by atoms with Crippen molar-refractivity contribution >= 4 is 34.1 Å². The van der Waals surface area contributed by atoms with Crippen LogP contribution >= 0.6 is 11.6 Å². The molecule has 1 unspecified atom stereocenters. The van der Waals surface area contributed by atoms with Gasteiger partial charge in [-0.15, -0.1) is 0 Å². The summed E-state index contributed by atoms with van der Waals surface area (Å²) >= 11 is 6.16. The summed E-state index contributed by atoms with van der Waals surface area (Å²) in [6.07, 6.45) is 8.74. The lowest BCUT2D eigenvalue weighted by Crippen LogP contribution is -2.38. The third-order valence-electron chi connectivity index (χ3n) is 9.35. The second-order valence-corrected chi connectivity index (χ2v) is 13.2. The van der Waals surface area contributed by atoms with E-state index in [4.69, 9.17) is 11.6 Å². The molecule has 1 aliphatic carbocycles. The van der Waals surface area contributed by atoms with Gasteiger partial charge in [0.25, 0.3) is 5.91 Å². The molecule has 0 bridgehead atoms. The van der Waals surface area contributed by atoms with Gasteiger partial charge < -0.3 is 4.90 Å². The molecule has 2 heterocycles. The zero-order valence-corrected chi connectivity index (χ0v) is 27.8. The molecule has 1 aromatic heterocycles. The van der Waals surface area contributed by atoms with Gasteiger partial charge in [-0.25, -0.2) is 9.37 Å². The number of fused-ring (bicyclic) bond motifs is 1. The molecule has 1 saturated heterocycles. The molecule has 6 rings (SSSR count). The minimum Gasteiger partial charge on any atom is -0.339 e.